The molecule has 0 heterocycles. The molecule has 1 saturated carbocycles. The third-order valence-corrected chi connectivity index (χ3v) is 4.52. The van der Waals surface area contributed by atoms with Gasteiger partial charge >= 0.3 is 5.97 Å². The largest absolute Gasteiger partial charge is 0.481 e. The number of aliphatic hydroxyl groups is 1. The first-order valence-electron chi connectivity index (χ1n) is 8.37. The summed E-state index contributed by atoms with van der Waals surface area (Å²) < 4.78 is 12.7. The molecular formula is C20H24FNO3. The molecule has 0 unspecified atom stereocenters. The van der Waals surface area contributed by atoms with Crippen LogP contribution in [0.25, 0.3) is 0 Å². The van der Waals surface area contributed by atoms with Gasteiger partial charge in [0, 0.05) is 12.0 Å². The Morgan fingerprint density at radius 2 is 1.72 bits per heavy atom. The minimum atomic E-state index is -0.897. The van der Waals surface area contributed by atoms with Crippen LogP contribution in [0, 0.1) is 11.7 Å². The van der Waals surface area contributed by atoms with Crippen molar-refractivity contribution in [2.75, 3.05) is 0 Å². The SMILES string of the molecule is C[C@@H](N)c1ccccc1.O=C(O)[C@@H]1CC[C@@H](O)[C@H]1c1ccc(F)cc1. The quantitative estimate of drug-likeness (QED) is 0.795. The molecule has 4 nitrogen and oxygen atoms in total. The highest BCUT2D eigenvalue weighted by Gasteiger charge is 2.40. The Hall–Kier alpha value is -2.24. The Bertz CT molecular complexity index is 673. The average Bonchev–Trinajstić information content (AvgIpc) is 2.99. The van der Waals surface area contributed by atoms with Crippen LogP contribution in [0.1, 0.15) is 42.9 Å². The van der Waals surface area contributed by atoms with Crippen molar-refractivity contribution < 1.29 is 19.4 Å². The van der Waals surface area contributed by atoms with E-state index >= 15 is 0 Å². The molecule has 134 valence electrons. The number of benzene rings is 2. The van der Waals surface area contributed by atoms with Gasteiger partial charge in [-0.25, -0.2) is 4.39 Å². The first-order valence-corrected chi connectivity index (χ1v) is 8.37. The first-order chi connectivity index (χ1) is 11.9. The maximum absolute atomic E-state index is 12.7. The van der Waals surface area contributed by atoms with E-state index in [1.54, 1.807) is 12.1 Å². The summed E-state index contributed by atoms with van der Waals surface area (Å²) >= 11 is 0. The third-order valence-electron chi connectivity index (χ3n) is 4.52. The standard InChI is InChI=1S/C12H13FO3.C8H11N/c13-8-3-1-7(2-4-8)11-9(12(15)16)5-6-10(11)14;1-7(9)8-5-3-2-4-6-8/h1-4,9-11,14H,5-6H2,(H,15,16);2-7H,9H2,1H3/t9-,10-,11+;7-/m11/s1. The molecule has 5 heteroatoms. The molecule has 2 aromatic carbocycles. The second kappa shape index (κ2) is 8.74. The van der Waals surface area contributed by atoms with Crippen molar-refractivity contribution in [3.8, 4) is 0 Å². The van der Waals surface area contributed by atoms with Gasteiger partial charge in [-0.3, -0.25) is 4.79 Å². The minimum absolute atomic E-state index is 0.159. The summed E-state index contributed by atoms with van der Waals surface area (Å²) in [5.74, 6) is -2.24. The molecule has 0 saturated heterocycles. The average molecular weight is 345 g/mol. The van der Waals surface area contributed by atoms with Crippen LogP contribution in [0.2, 0.25) is 0 Å². The van der Waals surface area contributed by atoms with Crippen LogP contribution < -0.4 is 5.73 Å². The molecule has 1 aliphatic carbocycles. The van der Waals surface area contributed by atoms with Crippen LogP contribution in [0.4, 0.5) is 4.39 Å². The van der Waals surface area contributed by atoms with Crippen molar-refractivity contribution in [3.63, 3.8) is 0 Å². The van der Waals surface area contributed by atoms with E-state index in [1.165, 1.54) is 17.7 Å². The fraction of sp³-hybridized carbons (Fsp3) is 0.350. The normalized spacial score (nSPS) is 23.4. The zero-order valence-corrected chi connectivity index (χ0v) is 14.2. The number of halogens is 1. The lowest BCUT2D eigenvalue weighted by Crippen LogP contribution is -2.22. The predicted molar refractivity (Wildman–Crippen MR) is 94.6 cm³/mol. The molecule has 4 N–H and O–H groups in total. The maximum atomic E-state index is 12.7. The summed E-state index contributed by atoms with van der Waals surface area (Å²) in [5.41, 5.74) is 7.50. The molecule has 4 atom stereocenters. The number of rotatable bonds is 3. The summed E-state index contributed by atoms with van der Waals surface area (Å²) in [6, 6.07) is 15.9. The lowest BCUT2D eigenvalue weighted by molar-refractivity contribution is -0.142. The molecule has 2 aromatic rings. The van der Waals surface area contributed by atoms with Gasteiger partial charge in [0.15, 0.2) is 0 Å². The molecule has 3 rings (SSSR count). The van der Waals surface area contributed by atoms with Gasteiger partial charge < -0.3 is 15.9 Å². The Labute approximate surface area is 147 Å². The van der Waals surface area contributed by atoms with Crippen molar-refractivity contribution in [3.05, 3.63) is 71.5 Å². The van der Waals surface area contributed by atoms with E-state index in [2.05, 4.69) is 0 Å². The zero-order valence-electron chi connectivity index (χ0n) is 14.2. The van der Waals surface area contributed by atoms with Gasteiger partial charge in [0.25, 0.3) is 0 Å². The number of aliphatic carboxylic acids is 1. The van der Waals surface area contributed by atoms with E-state index in [0.717, 1.165) is 0 Å². The summed E-state index contributed by atoms with van der Waals surface area (Å²) in [4.78, 5) is 11.0. The van der Waals surface area contributed by atoms with Gasteiger partial charge in [-0.2, -0.15) is 0 Å². The summed E-state index contributed by atoms with van der Waals surface area (Å²) in [6.45, 7) is 1.98. The smallest absolute Gasteiger partial charge is 0.307 e. The lowest BCUT2D eigenvalue weighted by Gasteiger charge is -2.19. The van der Waals surface area contributed by atoms with E-state index in [0.29, 0.717) is 18.4 Å². The van der Waals surface area contributed by atoms with Gasteiger partial charge in [-0.15, -0.1) is 0 Å². The predicted octanol–water partition coefficient (Wildman–Crippen LogP) is 3.47. The fourth-order valence-corrected chi connectivity index (χ4v) is 3.15. The number of carboxylic acid groups (broad SMARTS) is 1. The summed E-state index contributed by atoms with van der Waals surface area (Å²) in [6.07, 6.45) is 0.309. The molecule has 25 heavy (non-hydrogen) atoms. The van der Waals surface area contributed by atoms with Crippen LogP contribution in [0.5, 0.6) is 0 Å². The molecule has 0 radical (unpaired) electrons. The Kier molecular flexibility index (Phi) is 6.67. The van der Waals surface area contributed by atoms with E-state index in [9.17, 15) is 14.3 Å². The highest BCUT2D eigenvalue weighted by molar-refractivity contribution is 5.72. The second-order valence-corrected chi connectivity index (χ2v) is 6.37. The van der Waals surface area contributed by atoms with E-state index < -0.39 is 23.9 Å². The third kappa shape index (κ3) is 5.11. The molecule has 0 aromatic heterocycles. The number of hydrogen-bond donors (Lipinski definition) is 3. The highest BCUT2D eigenvalue weighted by atomic mass is 19.1. The maximum Gasteiger partial charge on any atom is 0.307 e. The van der Waals surface area contributed by atoms with Crippen LogP contribution in [0.3, 0.4) is 0 Å². The van der Waals surface area contributed by atoms with Gasteiger partial charge in [0.1, 0.15) is 5.82 Å². The Morgan fingerprint density at radius 1 is 1.12 bits per heavy atom. The van der Waals surface area contributed by atoms with Crippen LogP contribution in [-0.2, 0) is 4.79 Å². The topological polar surface area (TPSA) is 83.6 Å². The number of carbonyl (C=O) groups is 1. The fourth-order valence-electron chi connectivity index (χ4n) is 3.15. The van der Waals surface area contributed by atoms with Crippen LogP contribution >= 0.6 is 0 Å². The van der Waals surface area contributed by atoms with Crippen molar-refractivity contribution in [2.24, 2.45) is 11.7 Å². The van der Waals surface area contributed by atoms with Gasteiger partial charge in [0.2, 0.25) is 0 Å². The molecule has 0 spiro atoms. The monoisotopic (exact) mass is 345 g/mol. The van der Waals surface area contributed by atoms with Crippen LogP contribution in [0.15, 0.2) is 54.6 Å². The minimum Gasteiger partial charge on any atom is -0.481 e. The van der Waals surface area contributed by atoms with Gasteiger partial charge in [0.05, 0.1) is 12.0 Å². The Morgan fingerprint density at radius 3 is 2.20 bits per heavy atom. The van der Waals surface area contributed by atoms with E-state index in [4.69, 9.17) is 10.8 Å². The molecule has 0 amide bonds. The van der Waals surface area contributed by atoms with Gasteiger partial charge in [-0.1, -0.05) is 42.5 Å². The zero-order chi connectivity index (χ0) is 18.4. The number of aliphatic hydroxyl groups excluding tert-OH is 1. The van der Waals surface area contributed by atoms with E-state index in [-0.39, 0.29) is 11.9 Å². The van der Waals surface area contributed by atoms with Crippen LogP contribution in [-0.4, -0.2) is 22.3 Å². The first kappa shape index (κ1) is 19.1. The molecule has 1 fully saturated rings. The molecule has 0 aliphatic heterocycles. The summed E-state index contributed by atoms with van der Waals surface area (Å²) in [7, 11) is 0. The Balaban J connectivity index is 0.000000212. The van der Waals surface area contributed by atoms with Gasteiger partial charge in [-0.05, 0) is 43.0 Å². The lowest BCUT2D eigenvalue weighted by atomic mass is 9.88. The molecule has 1 aliphatic rings. The van der Waals surface area contributed by atoms with Crippen molar-refractivity contribution in [1.29, 1.82) is 0 Å². The number of nitrogens with two attached hydrogens (primary N) is 1. The second-order valence-electron chi connectivity index (χ2n) is 6.37. The van der Waals surface area contributed by atoms with E-state index in [1.807, 2.05) is 37.3 Å². The van der Waals surface area contributed by atoms with Crippen molar-refractivity contribution >= 4 is 5.97 Å². The van der Waals surface area contributed by atoms with Crippen molar-refractivity contribution in [1.82, 2.24) is 0 Å². The molecule has 0 bridgehead atoms. The summed E-state index contributed by atoms with van der Waals surface area (Å²) in [5, 5.41) is 18.8. The highest BCUT2D eigenvalue weighted by Crippen LogP contribution is 2.40. The number of carboxylic acids is 1. The van der Waals surface area contributed by atoms with Crippen molar-refractivity contribution in [2.45, 2.75) is 37.8 Å². The molecular weight excluding hydrogens is 321 g/mol. The number of hydrogen-bond acceptors (Lipinski definition) is 3.